The van der Waals surface area contributed by atoms with E-state index >= 15 is 0 Å². The fraction of sp³-hybridized carbons (Fsp3) is 0.500. The summed E-state index contributed by atoms with van der Waals surface area (Å²) in [5, 5.41) is 3.49. The van der Waals surface area contributed by atoms with Gasteiger partial charge in [-0.15, -0.1) is 0 Å². The van der Waals surface area contributed by atoms with Crippen molar-refractivity contribution in [1.29, 1.82) is 0 Å². The minimum atomic E-state index is 0.299. The smallest absolute Gasteiger partial charge is 0.224 e. The van der Waals surface area contributed by atoms with Crippen LogP contribution in [0.25, 0.3) is 0 Å². The molecule has 1 aromatic heterocycles. The predicted octanol–water partition coefficient (Wildman–Crippen LogP) is 3.85. The van der Waals surface area contributed by atoms with E-state index in [0.29, 0.717) is 24.4 Å². The van der Waals surface area contributed by atoms with Crippen LogP contribution in [0, 0.1) is 5.41 Å². The summed E-state index contributed by atoms with van der Waals surface area (Å²) < 4.78 is 17.4. The number of ether oxygens (including phenoxy) is 3. The normalized spacial score (nSPS) is 21.0. The highest BCUT2D eigenvalue weighted by Gasteiger charge is 2.42. The van der Waals surface area contributed by atoms with E-state index in [1.807, 2.05) is 43.4 Å². The third kappa shape index (κ3) is 5.28. The average Bonchev–Trinajstić information content (AvgIpc) is 3.44. The van der Waals surface area contributed by atoms with Crippen molar-refractivity contribution in [2.45, 2.75) is 32.7 Å². The maximum absolute atomic E-state index is 6.06. The van der Waals surface area contributed by atoms with E-state index in [0.717, 1.165) is 68.6 Å². The molecule has 7 nitrogen and oxygen atoms in total. The van der Waals surface area contributed by atoms with Gasteiger partial charge in [0.2, 0.25) is 5.88 Å². The van der Waals surface area contributed by atoms with Gasteiger partial charge < -0.3 is 24.4 Å². The highest BCUT2D eigenvalue weighted by atomic mass is 16.5. The molecule has 2 aliphatic heterocycles. The summed E-state index contributed by atoms with van der Waals surface area (Å²) >= 11 is 0. The lowest BCUT2D eigenvalue weighted by Gasteiger charge is -2.25. The Morgan fingerprint density at radius 2 is 2.06 bits per heavy atom. The molecule has 2 aromatic rings. The number of hydrogen-bond acceptors (Lipinski definition) is 5. The Labute approximate surface area is 184 Å². The van der Waals surface area contributed by atoms with Gasteiger partial charge in [0.15, 0.2) is 5.96 Å². The lowest BCUT2D eigenvalue weighted by atomic mass is 9.87. The van der Waals surface area contributed by atoms with Gasteiger partial charge in [-0.25, -0.2) is 4.98 Å². The first kappa shape index (κ1) is 21.4. The number of pyridine rings is 1. The Morgan fingerprint density at radius 3 is 2.81 bits per heavy atom. The fourth-order valence-electron chi connectivity index (χ4n) is 4.18. The number of likely N-dealkylation sites (tertiary alicyclic amines) is 1. The largest absolute Gasteiger partial charge is 0.494 e. The molecular weight excluding hydrogens is 392 g/mol. The molecule has 0 aliphatic carbocycles. The monoisotopic (exact) mass is 424 g/mol. The summed E-state index contributed by atoms with van der Waals surface area (Å²) in [6.45, 7) is 7.14. The third-order valence-corrected chi connectivity index (χ3v) is 5.93. The summed E-state index contributed by atoms with van der Waals surface area (Å²) in [7, 11) is 1.83. The van der Waals surface area contributed by atoms with Gasteiger partial charge in [-0.3, -0.25) is 4.99 Å². The lowest BCUT2D eigenvalue weighted by Crippen LogP contribution is -2.41. The van der Waals surface area contributed by atoms with Gasteiger partial charge in [0, 0.05) is 50.5 Å². The van der Waals surface area contributed by atoms with Crippen LogP contribution in [0.5, 0.6) is 17.4 Å². The van der Waals surface area contributed by atoms with E-state index in [1.165, 1.54) is 0 Å². The summed E-state index contributed by atoms with van der Waals surface area (Å²) in [4.78, 5) is 11.3. The first-order valence-electron chi connectivity index (χ1n) is 11.1. The molecule has 1 N–H and O–H groups in total. The van der Waals surface area contributed by atoms with Crippen LogP contribution in [-0.2, 0) is 11.3 Å². The molecule has 1 unspecified atom stereocenters. The maximum Gasteiger partial charge on any atom is 0.224 e. The van der Waals surface area contributed by atoms with Crippen LogP contribution in [0.3, 0.4) is 0 Å². The maximum atomic E-state index is 6.06. The van der Waals surface area contributed by atoms with Crippen molar-refractivity contribution in [3.8, 4) is 17.4 Å². The van der Waals surface area contributed by atoms with Gasteiger partial charge >= 0.3 is 0 Å². The number of rotatable bonds is 7. The number of nitrogens with zero attached hydrogens (tertiary/aromatic N) is 3. The van der Waals surface area contributed by atoms with E-state index in [9.17, 15) is 0 Å². The second-order valence-corrected chi connectivity index (χ2v) is 8.26. The van der Waals surface area contributed by atoms with Gasteiger partial charge in [-0.05, 0) is 49.6 Å². The molecule has 7 heteroatoms. The molecular formula is C24H32N4O3. The molecule has 4 rings (SSSR count). The van der Waals surface area contributed by atoms with E-state index in [1.54, 1.807) is 6.20 Å². The second-order valence-electron chi connectivity index (χ2n) is 8.26. The summed E-state index contributed by atoms with van der Waals surface area (Å²) in [6, 6.07) is 11.6. The minimum Gasteiger partial charge on any atom is -0.494 e. The summed E-state index contributed by atoms with van der Waals surface area (Å²) in [5.74, 6) is 3.08. The highest BCUT2D eigenvalue weighted by molar-refractivity contribution is 5.80. The van der Waals surface area contributed by atoms with Crippen LogP contribution in [0.2, 0.25) is 0 Å². The van der Waals surface area contributed by atoms with Gasteiger partial charge in [-0.1, -0.05) is 13.0 Å². The number of hydrogen-bond donors (Lipinski definition) is 1. The number of aliphatic imine (C=N–C) groups is 1. The first-order valence-corrected chi connectivity index (χ1v) is 11.1. The Balaban J connectivity index is 1.37. The van der Waals surface area contributed by atoms with Crippen molar-refractivity contribution >= 4 is 5.96 Å². The molecule has 1 aromatic carbocycles. The molecule has 0 radical (unpaired) electrons. The lowest BCUT2D eigenvalue weighted by molar-refractivity contribution is 0.156. The second kappa shape index (κ2) is 10.0. The van der Waals surface area contributed by atoms with Crippen molar-refractivity contribution in [2.75, 3.05) is 40.0 Å². The van der Waals surface area contributed by atoms with Crippen LogP contribution < -0.4 is 14.8 Å². The summed E-state index contributed by atoms with van der Waals surface area (Å²) in [5.41, 5.74) is 1.28. The highest BCUT2D eigenvalue weighted by Crippen LogP contribution is 2.38. The third-order valence-electron chi connectivity index (χ3n) is 5.93. The van der Waals surface area contributed by atoms with Crippen LogP contribution in [0.15, 0.2) is 47.6 Å². The first-order chi connectivity index (χ1) is 15.2. The zero-order valence-corrected chi connectivity index (χ0v) is 18.5. The Morgan fingerprint density at radius 1 is 1.23 bits per heavy atom. The zero-order valence-electron chi connectivity index (χ0n) is 18.5. The number of nitrogens with one attached hydrogen (secondary N) is 1. The van der Waals surface area contributed by atoms with Gasteiger partial charge in [0.25, 0.3) is 0 Å². The van der Waals surface area contributed by atoms with Gasteiger partial charge in [-0.2, -0.15) is 0 Å². The Kier molecular flexibility index (Phi) is 6.92. The molecule has 166 valence electrons. The number of benzene rings is 1. The van der Waals surface area contributed by atoms with Gasteiger partial charge in [0.1, 0.15) is 11.5 Å². The Bertz CT molecular complexity index is 879. The minimum absolute atomic E-state index is 0.299. The standard InChI is InChI=1S/C24H32N4O3/c1-3-14-30-20-6-8-21(9-7-20)31-22-19(5-4-12-26-22)16-27-23(25-2)28-13-10-24(17-28)11-15-29-18-24/h4-9,12H,3,10-11,13-18H2,1-2H3,(H,25,27). The fourth-order valence-corrected chi connectivity index (χ4v) is 4.18. The molecule has 2 aliphatic rings. The predicted molar refractivity (Wildman–Crippen MR) is 121 cm³/mol. The van der Waals surface area contributed by atoms with E-state index in [2.05, 4.69) is 27.1 Å². The summed E-state index contributed by atoms with van der Waals surface area (Å²) in [6.07, 6.45) is 5.03. The van der Waals surface area contributed by atoms with E-state index in [-0.39, 0.29) is 0 Å². The molecule has 3 heterocycles. The van der Waals surface area contributed by atoms with Crippen molar-refractivity contribution in [2.24, 2.45) is 10.4 Å². The molecule has 31 heavy (non-hydrogen) atoms. The van der Waals surface area contributed by atoms with Crippen LogP contribution in [0.4, 0.5) is 0 Å². The molecule has 0 saturated carbocycles. The van der Waals surface area contributed by atoms with E-state index < -0.39 is 0 Å². The van der Waals surface area contributed by atoms with Crippen LogP contribution in [-0.4, -0.2) is 55.8 Å². The molecule has 0 amide bonds. The molecule has 2 fully saturated rings. The number of guanidine groups is 1. The molecule has 0 bridgehead atoms. The molecule has 1 spiro atoms. The zero-order chi connectivity index (χ0) is 21.5. The van der Waals surface area contributed by atoms with Crippen LogP contribution in [0.1, 0.15) is 31.7 Å². The van der Waals surface area contributed by atoms with Crippen molar-refractivity contribution in [3.63, 3.8) is 0 Å². The molecule has 1 atom stereocenters. The van der Waals surface area contributed by atoms with Crippen LogP contribution >= 0.6 is 0 Å². The average molecular weight is 425 g/mol. The quantitative estimate of drug-likeness (QED) is 0.538. The topological polar surface area (TPSA) is 68.2 Å². The number of aromatic nitrogens is 1. The Hall–Kier alpha value is -2.80. The van der Waals surface area contributed by atoms with Crippen molar-refractivity contribution in [3.05, 3.63) is 48.2 Å². The van der Waals surface area contributed by atoms with Crippen molar-refractivity contribution < 1.29 is 14.2 Å². The van der Waals surface area contributed by atoms with Gasteiger partial charge in [0.05, 0.1) is 13.2 Å². The molecule has 2 saturated heterocycles. The van der Waals surface area contributed by atoms with E-state index in [4.69, 9.17) is 14.2 Å². The SMILES string of the molecule is CCCOc1ccc(Oc2ncccc2CNC(=NC)N2CCC3(CCOC3)C2)cc1. The van der Waals surface area contributed by atoms with Crippen molar-refractivity contribution in [1.82, 2.24) is 15.2 Å².